The number of thiocarbonyl (C=S) groups is 1. The Balaban J connectivity index is 0.000000604. The standard InChI is InChI=1S/C21H22N2O4S3.C6H15N/c1-2-23-20(24)19(29-21(23)28)11-6-3-8-16-12-14-22(13-7-15-30(25,26)27)18-10-5-4-9-17(16)18;1-4-7(5-2)6-3/h3-6,8-12,14H,2,7,13,15H2,1H3,(H,25,26,27);4-6H2,1-3H3. The molecule has 37 heavy (non-hydrogen) atoms. The molecule has 1 N–H and O–H groups in total. The van der Waals surface area contributed by atoms with Crippen LogP contribution in [0.4, 0.5) is 5.69 Å². The number of likely N-dealkylation sites (N-methyl/N-ethyl adjacent to an activating group) is 1. The molecule has 0 bridgehead atoms. The summed E-state index contributed by atoms with van der Waals surface area (Å²) in [6, 6.07) is 7.85. The van der Waals surface area contributed by atoms with Gasteiger partial charge >= 0.3 is 0 Å². The summed E-state index contributed by atoms with van der Waals surface area (Å²) in [4.78, 5) is 18.8. The van der Waals surface area contributed by atoms with Gasteiger partial charge in [-0.25, -0.2) is 0 Å². The minimum Gasteiger partial charge on any atom is -0.347 e. The van der Waals surface area contributed by atoms with Crippen molar-refractivity contribution in [2.24, 2.45) is 0 Å². The first kappa shape index (κ1) is 31.0. The van der Waals surface area contributed by atoms with Gasteiger partial charge in [0.05, 0.1) is 10.7 Å². The van der Waals surface area contributed by atoms with Crippen LogP contribution in [0.5, 0.6) is 0 Å². The molecule has 0 spiro atoms. The third-order valence-corrected chi connectivity index (χ3v) is 8.13. The van der Waals surface area contributed by atoms with Crippen molar-refractivity contribution in [2.75, 3.05) is 43.4 Å². The maximum absolute atomic E-state index is 12.2. The van der Waals surface area contributed by atoms with Gasteiger partial charge in [-0.15, -0.1) is 0 Å². The first-order valence-corrected chi connectivity index (χ1v) is 15.3. The van der Waals surface area contributed by atoms with Crippen LogP contribution in [0.25, 0.3) is 5.57 Å². The predicted molar refractivity (Wildman–Crippen MR) is 160 cm³/mol. The fourth-order valence-corrected chi connectivity index (χ4v) is 5.66. The highest BCUT2D eigenvalue weighted by Gasteiger charge is 2.30. The van der Waals surface area contributed by atoms with Crippen LogP contribution in [-0.2, 0) is 14.9 Å². The van der Waals surface area contributed by atoms with Crippen LogP contribution >= 0.6 is 24.0 Å². The van der Waals surface area contributed by atoms with E-state index in [9.17, 15) is 13.2 Å². The van der Waals surface area contributed by atoms with Crippen molar-refractivity contribution in [2.45, 2.75) is 34.1 Å². The Morgan fingerprint density at radius 1 is 1.05 bits per heavy atom. The molecular weight excluding hydrogens is 527 g/mol. The number of thioether (sulfide) groups is 1. The molecule has 1 saturated heterocycles. The second kappa shape index (κ2) is 15.2. The molecule has 2 heterocycles. The number of para-hydroxylation sites is 1. The molecule has 2 aliphatic rings. The number of anilines is 1. The van der Waals surface area contributed by atoms with Gasteiger partial charge in [0, 0.05) is 30.5 Å². The number of carbonyl (C=O) groups is 1. The van der Waals surface area contributed by atoms with Gasteiger partial charge in [-0.1, -0.05) is 81.2 Å². The highest BCUT2D eigenvalue weighted by Crippen LogP contribution is 2.33. The van der Waals surface area contributed by atoms with Crippen LogP contribution in [0, 0.1) is 0 Å². The number of carbonyl (C=O) groups excluding carboxylic acids is 1. The van der Waals surface area contributed by atoms with Crippen molar-refractivity contribution >= 4 is 55.6 Å². The average Bonchev–Trinajstić information content (AvgIpc) is 3.15. The van der Waals surface area contributed by atoms with E-state index in [-0.39, 0.29) is 11.7 Å². The number of nitrogens with zero attached hydrogens (tertiary/aromatic N) is 3. The van der Waals surface area contributed by atoms with E-state index in [4.69, 9.17) is 16.8 Å². The van der Waals surface area contributed by atoms with Crippen molar-refractivity contribution in [3.05, 3.63) is 71.3 Å². The summed E-state index contributed by atoms with van der Waals surface area (Å²) < 4.78 is 31.4. The van der Waals surface area contributed by atoms with E-state index in [1.807, 2.05) is 66.6 Å². The van der Waals surface area contributed by atoms with Crippen molar-refractivity contribution in [3.63, 3.8) is 0 Å². The minimum atomic E-state index is -3.96. The zero-order chi connectivity index (χ0) is 27.4. The molecule has 0 saturated carbocycles. The van der Waals surface area contributed by atoms with Gasteiger partial charge in [-0.2, -0.15) is 8.42 Å². The minimum absolute atomic E-state index is 0.0618. The molecule has 0 atom stereocenters. The Hall–Kier alpha value is -2.24. The van der Waals surface area contributed by atoms with Crippen LogP contribution in [-0.4, -0.2) is 71.5 Å². The molecule has 3 rings (SSSR count). The first-order valence-electron chi connectivity index (χ1n) is 12.5. The molecule has 0 radical (unpaired) electrons. The van der Waals surface area contributed by atoms with Crippen LogP contribution < -0.4 is 4.90 Å². The molecule has 0 aliphatic carbocycles. The largest absolute Gasteiger partial charge is 0.347 e. The Bertz CT molecular complexity index is 1160. The second-order valence-corrected chi connectivity index (χ2v) is 11.5. The highest BCUT2D eigenvalue weighted by molar-refractivity contribution is 8.26. The molecule has 1 aromatic rings. The number of fused-ring (bicyclic) bond motifs is 1. The molecule has 2 aliphatic heterocycles. The monoisotopic (exact) mass is 563 g/mol. The average molecular weight is 564 g/mol. The van der Waals surface area contributed by atoms with Crippen LogP contribution in [0.2, 0.25) is 0 Å². The summed E-state index contributed by atoms with van der Waals surface area (Å²) in [6.45, 7) is 13.1. The molecule has 1 fully saturated rings. The highest BCUT2D eigenvalue weighted by atomic mass is 32.2. The lowest BCUT2D eigenvalue weighted by molar-refractivity contribution is -0.122. The summed E-state index contributed by atoms with van der Waals surface area (Å²) >= 11 is 6.52. The van der Waals surface area contributed by atoms with E-state index in [1.54, 1.807) is 11.0 Å². The second-order valence-electron chi connectivity index (χ2n) is 8.24. The molecular formula is C27H37N3O4S3. The lowest BCUT2D eigenvalue weighted by Gasteiger charge is -2.27. The van der Waals surface area contributed by atoms with E-state index in [0.29, 0.717) is 28.7 Å². The predicted octanol–water partition coefficient (Wildman–Crippen LogP) is 5.35. The van der Waals surface area contributed by atoms with Crippen LogP contribution in [0.15, 0.2) is 65.8 Å². The Morgan fingerprint density at radius 3 is 2.27 bits per heavy atom. The Kier molecular flexibility index (Phi) is 12.8. The lowest BCUT2D eigenvalue weighted by Crippen LogP contribution is -2.27. The van der Waals surface area contributed by atoms with Crippen molar-refractivity contribution in [3.8, 4) is 0 Å². The number of hydrogen-bond donors (Lipinski definition) is 1. The van der Waals surface area contributed by atoms with E-state index in [1.165, 1.54) is 31.4 Å². The van der Waals surface area contributed by atoms with Gasteiger partial charge in [0.25, 0.3) is 16.0 Å². The lowest BCUT2D eigenvalue weighted by atomic mass is 9.99. The SMILES string of the molecule is CCN(CC)CC.CCN1C(=O)C(=CC=CC=C2C=CN(CCCS(=O)(=O)O)c3ccccc32)SC1=S. The number of hydrogen-bond acceptors (Lipinski definition) is 7. The van der Waals surface area contributed by atoms with Gasteiger partial charge in [0.1, 0.15) is 4.32 Å². The van der Waals surface area contributed by atoms with Crippen LogP contribution in [0.1, 0.15) is 39.7 Å². The third-order valence-electron chi connectivity index (χ3n) is 5.93. The van der Waals surface area contributed by atoms with E-state index in [0.717, 1.165) is 16.8 Å². The number of allylic oxidation sites excluding steroid dienone is 6. The zero-order valence-corrected chi connectivity index (χ0v) is 24.4. The van der Waals surface area contributed by atoms with Crippen molar-refractivity contribution in [1.82, 2.24) is 9.80 Å². The van der Waals surface area contributed by atoms with E-state index < -0.39 is 10.1 Å². The summed E-state index contributed by atoms with van der Waals surface area (Å²) in [6.07, 6.45) is 11.6. The maximum atomic E-state index is 12.2. The molecule has 1 amide bonds. The zero-order valence-electron chi connectivity index (χ0n) is 22.0. The van der Waals surface area contributed by atoms with Gasteiger partial charge in [0.2, 0.25) is 0 Å². The summed E-state index contributed by atoms with van der Waals surface area (Å²) in [5.41, 5.74) is 3.00. The number of amides is 1. The summed E-state index contributed by atoms with van der Waals surface area (Å²) in [5.74, 6) is -0.330. The van der Waals surface area contributed by atoms with Crippen molar-refractivity contribution < 1.29 is 17.8 Å². The Morgan fingerprint density at radius 2 is 1.70 bits per heavy atom. The topological polar surface area (TPSA) is 81.2 Å². The first-order chi connectivity index (χ1) is 17.6. The van der Waals surface area contributed by atoms with Gasteiger partial charge in [-0.05, 0) is 56.8 Å². The number of rotatable bonds is 10. The van der Waals surface area contributed by atoms with Gasteiger partial charge in [0.15, 0.2) is 0 Å². The normalized spacial score (nSPS) is 17.8. The molecule has 0 unspecified atom stereocenters. The summed E-state index contributed by atoms with van der Waals surface area (Å²) in [5, 5.41) is 0. The van der Waals surface area contributed by atoms with E-state index in [2.05, 4.69) is 25.7 Å². The maximum Gasteiger partial charge on any atom is 0.266 e. The molecule has 0 aromatic heterocycles. The fourth-order valence-electron chi connectivity index (χ4n) is 3.83. The van der Waals surface area contributed by atoms with Crippen molar-refractivity contribution in [1.29, 1.82) is 0 Å². The smallest absolute Gasteiger partial charge is 0.266 e. The Labute approximate surface area is 231 Å². The molecule has 7 nitrogen and oxygen atoms in total. The van der Waals surface area contributed by atoms with E-state index >= 15 is 0 Å². The molecule has 10 heteroatoms. The van der Waals surface area contributed by atoms with Crippen LogP contribution in [0.3, 0.4) is 0 Å². The van der Waals surface area contributed by atoms with Gasteiger partial charge < -0.3 is 9.80 Å². The molecule has 202 valence electrons. The quantitative estimate of drug-likeness (QED) is 0.232. The third kappa shape index (κ3) is 9.54. The summed E-state index contributed by atoms with van der Waals surface area (Å²) in [7, 11) is -3.96. The number of benzene rings is 1. The fraction of sp³-hybridized carbons (Fsp3) is 0.407. The molecule has 1 aromatic carbocycles. The van der Waals surface area contributed by atoms with Gasteiger partial charge in [-0.3, -0.25) is 14.2 Å².